The molecule has 0 fully saturated rings. The van der Waals surface area contributed by atoms with Gasteiger partial charge in [0.2, 0.25) is 0 Å². The summed E-state index contributed by atoms with van der Waals surface area (Å²) in [4.78, 5) is 12.5. The molecule has 114 valence electrons. The van der Waals surface area contributed by atoms with E-state index in [1.54, 1.807) is 0 Å². The Balaban J connectivity index is 1.97. The number of hydrogen-bond acceptors (Lipinski definition) is 2. The third-order valence-corrected chi connectivity index (χ3v) is 4.30. The van der Waals surface area contributed by atoms with Crippen LogP contribution < -0.4 is 0 Å². The first-order valence-corrected chi connectivity index (χ1v) is 7.91. The highest BCUT2D eigenvalue weighted by Crippen LogP contribution is 2.30. The number of carbonyl (C=O) groups is 1. The van der Waals surface area contributed by atoms with E-state index >= 15 is 0 Å². The van der Waals surface area contributed by atoms with Crippen molar-refractivity contribution in [1.29, 1.82) is 0 Å². The largest absolute Gasteiger partial charge is 0.289 e. The summed E-state index contributed by atoms with van der Waals surface area (Å²) in [5.41, 5.74) is 4.40. The van der Waals surface area contributed by atoms with Gasteiger partial charge in [0.05, 0.1) is 5.69 Å². The van der Waals surface area contributed by atoms with Gasteiger partial charge in [0.1, 0.15) is 5.15 Å². The normalized spacial score (nSPS) is 15.9. The number of nitrogens with zero attached hydrogens (tertiary/aromatic N) is 2. The summed E-state index contributed by atoms with van der Waals surface area (Å²) in [6.45, 7) is 6.96. The molecule has 0 atom stereocenters. The van der Waals surface area contributed by atoms with Crippen LogP contribution in [0, 0.1) is 12.8 Å². The Morgan fingerprint density at radius 1 is 1.36 bits per heavy atom. The minimum absolute atomic E-state index is 0.0997. The predicted molar refractivity (Wildman–Crippen MR) is 89.3 cm³/mol. The van der Waals surface area contributed by atoms with Crippen molar-refractivity contribution in [3.05, 3.63) is 57.4 Å². The Hall–Kier alpha value is -1.87. The fraction of sp³-hybridized carbons (Fsp3) is 0.333. The van der Waals surface area contributed by atoms with E-state index in [1.807, 2.05) is 41.9 Å². The lowest BCUT2D eigenvalue weighted by atomic mass is 10.1. The van der Waals surface area contributed by atoms with Crippen LogP contribution in [0.25, 0.3) is 6.08 Å². The molecule has 0 saturated carbocycles. The zero-order valence-corrected chi connectivity index (χ0v) is 13.8. The summed E-state index contributed by atoms with van der Waals surface area (Å²) in [5.74, 6) is 0.567. The van der Waals surface area contributed by atoms with E-state index in [0.717, 1.165) is 34.5 Å². The number of allylic oxidation sites excluding steroid dienone is 1. The minimum atomic E-state index is 0.0997. The molecule has 0 spiro atoms. The highest BCUT2D eigenvalue weighted by Gasteiger charge is 2.25. The fourth-order valence-corrected chi connectivity index (χ4v) is 3.14. The highest BCUT2D eigenvalue weighted by atomic mass is 35.5. The molecule has 0 saturated heterocycles. The summed E-state index contributed by atoms with van der Waals surface area (Å²) in [6, 6.07) is 7.76. The van der Waals surface area contributed by atoms with Crippen LogP contribution in [0.2, 0.25) is 5.15 Å². The van der Waals surface area contributed by atoms with Gasteiger partial charge in [-0.1, -0.05) is 49.7 Å². The van der Waals surface area contributed by atoms with Gasteiger partial charge in [0.25, 0.3) is 0 Å². The SMILES string of the molecule is Cc1nn(CC(C)C)c(Cl)c1/C=C1\Cc2ccccc2C1=O. The van der Waals surface area contributed by atoms with E-state index in [2.05, 4.69) is 18.9 Å². The molecule has 0 N–H and O–H groups in total. The Bertz CT molecular complexity index is 771. The molecule has 0 radical (unpaired) electrons. The molecule has 22 heavy (non-hydrogen) atoms. The Kier molecular flexibility index (Phi) is 3.92. The number of rotatable bonds is 3. The van der Waals surface area contributed by atoms with Crippen molar-refractivity contribution in [2.45, 2.75) is 33.7 Å². The molecule has 3 rings (SSSR count). The summed E-state index contributed by atoms with van der Waals surface area (Å²) >= 11 is 6.46. The van der Waals surface area contributed by atoms with Crippen molar-refractivity contribution in [3.63, 3.8) is 0 Å². The number of ketones is 1. The van der Waals surface area contributed by atoms with Crippen molar-refractivity contribution in [2.75, 3.05) is 0 Å². The van der Waals surface area contributed by atoms with E-state index in [1.165, 1.54) is 0 Å². The van der Waals surface area contributed by atoms with Gasteiger partial charge >= 0.3 is 0 Å². The maximum Gasteiger partial charge on any atom is 0.189 e. The smallest absolute Gasteiger partial charge is 0.189 e. The van der Waals surface area contributed by atoms with Crippen LogP contribution in [0.1, 0.15) is 41.0 Å². The molecule has 4 heteroatoms. The minimum Gasteiger partial charge on any atom is -0.289 e. The molecular formula is C18H19ClN2O. The predicted octanol–water partition coefficient (Wildman–Crippen LogP) is 4.32. The molecule has 1 aliphatic carbocycles. The molecule has 1 aromatic heterocycles. The van der Waals surface area contributed by atoms with Crippen molar-refractivity contribution in [1.82, 2.24) is 9.78 Å². The molecule has 1 aliphatic rings. The average molecular weight is 315 g/mol. The lowest BCUT2D eigenvalue weighted by molar-refractivity contribution is 0.104. The first-order chi connectivity index (χ1) is 10.5. The van der Waals surface area contributed by atoms with E-state index in [-0.39, 0.29) is 5.78 Å². The van der Waals surface area contributed by atoms with Crippen LogP contribution >= 0.6 is 11.6 Å². The summed E-state index contributed by atoms with van der Waals surface area (Å²) < 4.78 is 1.82. The topological polar surface area (TPSA) is 34.9 Å². The number of fused-ring (bicyclic) bond motifs is 1. The second-order valence-electron chi connectivity index (χ2n) is 6.20. The first-order valence-electron chi connectivity index (χ1n) is 7.53. The molecule has 0 aliphatic heterocycles. The summed E-state index contributed by atoms with van der Waals surface area (Å²) in [7, 11) is 0. The standard InChI is InChI=1S/C18H19ClN2O/c1-11(2)10-21-18(19)16(12(3)20-21)9-14-8-13-6-4-5-7-15(13)17(14)22/h4-7,9,11H,8,10H2,1-3H3/b14-9+. The van der Waals surface area contributed by atoms with Crippen molar-refractivity contribution < 1.29 is 4.79 Å². The molecule has 2 aromatic rings. The molecule has 0 unspecified atom stereocenters. The second kappa shape index (κ2) is 5.73. The van der Waals surface area contributed by atoms with Crippen LogP contribution in [0.3, 0.4) is 0 Å². The Morgan fingerprint density at radius 3 is 2.77 bits per heavy atom. The number of hydrogen-bond donors (Lipinski definition) is 0. The second-order valence-corrected chi connectivity index (χ2v) is 6.56. The number of Topliss-reactive ketones (excluding diaryl/α,β-unsaturated/α-hetero) is 1. The van der Waals surface area contributed by atoms with Crippen LogP contribution in [-0.2, 0) is 13.0 Å². The van der Waals surface area contributed by atoms with E-state index in [0.29, 0.717) is 17.5 Å². The molecule has 1 aromatic carbocycles. The lowest BCUT2D eigenvalue weighted by Gasteiger charge is -2.05. The quantitative estimate of drug-likeness (QED) is 0.791. The van der Waals surface area contributed by atoms with Crippen LogP contribution in [0.4, 0.5) is 0 Å². The van der Waals surface area contributed by atoms with Gasteiger partial charge in [-0.25, -0.2) is 0 Å². The number of halogens is 1. The first kappa shape index (κ1) is 15.0. The molecular weight excluding hydrogens is 296 g/mol. The molecule has 0 bridgehead atoms. The van der Waals surface area contributed by atoms with Gasteiger partial charge in [-0.3, -0.25) is 9.48 Å². The fourth-order valence-electron chi connectivity index (χ4n) is 2.84. The summed E-state index contributed by atoms with van der Waals surface area (Å²) in [5, 5.41) is 5.11. The van der Waals surface area contributed by atoms with E-state index in [9.17, 15) is 4.79 Å². The third-order valence-electron chi connectivity index (χ3n) is 3.90. The van der Waals surface area contributed by atoms with Crippen molar-refractivity contribution in [3.8, 4) is 0 Å². The number of aryl methyl sites for hydroxylation is 1. The van der Waals surface area contributed by atoms with Gasteiger partial charge in [-0.15, -0.1) is 0 Å². The third kappa shape index (κ3) is 2.61. The monoisotopic (exact) mass is 314 g/mol. The van der Waals surface area contributed by atoms with Gasteiger partial charge < -0.3 is 0 Å². The van der Waals surface area contributed by atoms with Gasteiger partial charge in [0, 0.05) is 29.7 Å². The lowest BCUT2D eigenvalue weighted by Crippen LogP contribution is -2.06. The van der Waals surface area contributed by atoms with Crippen molar-refractivity contribution in [2.24, 2.45) is 5.92 Å². The maximum absolute atomic E-state index is 12.5. The molecule has 0 amide bonds. The van der Waals surface area contributed by atoms with Gasteiger partial charge in [0.15, 0.2) is 5.78 Å². The zero-order chi connectivity index (χ0) is 15.9. The highest BCUT2D eigenvalue weighted by molar-refractivity contribution is 6.31. The number of aromatic nitrogens is 2. The molecule has 3 nitrogen and oxygen atoms in total. The molecule has 1 heterocycles. The van der Waals surface area contributed by atoms with Crippen molar-refractivity contribution >= 4 is 23.5 Å². The summed E-state index contributed by atoms with van der Waals surface area (Å²) in [6.07, 6.45) is 2.57. The Morgan fingerprint density at radius 2 is 2.09 bits per heavy atom. The van der Waals surface area contributed by atoms with E-state index in [4.69, 9.17) is 11.6 Å². The van der Waals surface area contributed by atoms with Crippen LogP contribution in [0.15, 0.2) is 29.8 Å². The van der Waals surface area contributed by atoms with Gasteiger partial charge in [-0.05, 0) is 24.5 Å². The number of benzene rings is 1. The van der Waals surface area contributed by atoms with Crippen LogP contribution in [-0.4, -0.2) is 15.6 Å². The van der Waals surface area contributed by atoms with Gasteiger partial charge in [-0.2, -0.15) is 5.10 Å². The average Bonchev–Trinajstić information content (AvgIpc) is 2.92. The van der Waals surface area contributed by atoms with Crippen LogP contribution in [0.5, 0.6) is 0 Å². The zero-order valence-electron chi connectivity index (χ0n) is 13.1. The number of carbonyl (C=O) groups excluding carboxylic acids is 1. The maximum atomic E-state index is 12.5. The van der Waals surface area contributed by atoms with E-state index < -0.39 is 0 Å². The Labute approximate surface area is 135 Å².